The summed E-state index contributed by atoms with van der Waals surface area (Å²) in [5.41, 5.74) is 10.5. The minimum atomic E-state index is 0.301. The lowest BCUT2D eigenvalue weighted by Gasteiger charge is -2.25. The number of nitriles is 1. The molecule has 2 N–H and O–H groups in total. The van der Waals surface area contributed by atoms with Gasteiger partial charge in [0, 0.05) is 11.3 Å². The van der Waals surface area contributed by atoms with Gasteiger partial charge in [-0.1, -0.05) is 13.0 Å². The van der Waals surface area contributed by atoms with Crippen LogP contribution in [0.3, 0.4) is 0 Å². The van der Waals surface area contributed by atoms with Crippen LogP contribution in [0.15, 0.2) is 18.2 Å². The standard InChI is InChI=1S/C19H21N3O2/c1-11-5-4-6-13-17(14(10-20)19(21)22-18(11)13)12-7-8-15(23-2)16(9-12)24-3/h7-9,11H,4-6H2,1-3H3,(H2,21,22)/t11-/m1/s1. The molecule has 0 spiro atoms. The highest BCUT2D eigenvalue weighted by molar-refractivity contribution is 5.80. The van der Waals surface area contributed by atoms with E-state index in [0.29, 0.717) is 28.8 Å². The zero-order valence-electron chi connectivity index (χ0n) is 14.2. The molecular formula is C19H21N3O2. The Balaban J connectivity index is 2.29. The molecule has 24 heavy (non-hydrogen) atoms. The van der Waals surface area contributed by atoms with Crippen molar-refractivity contribution in [3.05, 3.63) is 35.0 Å². The van der Waals surface area contributed by atoms with Crippen molar-refractivity contribution in [2.75, 3.05) is 20.0 Å². The van der Waals surface area contributed by atoms with Gasteiger partial charge in [0.2, 0.25) is 0 Å². The first-order valence-corrected chi connectivity index (χ1v) is 8.05. The second kappa shape index (κ2) is 6.40. The molecule has 1 aromatic carbocycles. The number of hydrogen-bond donors (Lipinski definition) is 1. The van der Waals surface area contributed by atoms with Gasteiger partial charge in [-0.05, 0) is 48.4 Å². The van der Waals surface area contributed by atoms with Crippen molar-refractivity contribution in [1.82, 2.24) is 4.98 Å². The van der Waals surface area contributed by atoms with Crippen LogP contribution in [0.5, 0.6) is 11.5 Å². The highest BCUT2D eigenvalue weighted by atomic mass is 16.5. The van der Waals surface area contributed by atoms with Gasteiger partial charge in [-0.2, -0.15) is 5.26 Å². The van der Waals surface area contributed by atoms with Crippen molar-refractivity contribution >= 4 is 5.82 Å². The number of rotatable bonds is 3. The maximum absolute atomic E-state index is 9.63. The highest BCUT2D eigenvalue weighted by Crippen LogP contribution is 2.41. The van der Waals surface area contributed by atoms with Crippen LogP contribution in [0.4, 0.5) is 5.82 Å². The van der Waals surface area contributed by atoms with Crippen molar-refractivity contribution in [2.24, 2.45) is 0 Å². The van der Waals surface area contributed by atoms with Crippen LogP contribution in [-0.4, -0.2) is 19.2 Å². The molecule has 0 bridgehead atoms. The lowest BCUT2D eigenvalue weighted by Crippen LogP contribution is -2.14. The minimum Gasteiger partial charge on any atom is -0.493 e. The van der Waals surface area contributed by atoms with E-state index in [0.717, 1.165) is 41.6 Å². The average Bonchev–Trinajstić information content (AvgIpc) is 2.61. The molecule has 0 saturated heterocycles. The van der Waals surface area contributed by atoms with E-state index in [1.54, 1.807) is 14.2 Å². The summed E-state index contributed by atoms with van der Waals surface area (Å²) in [6.45, 7) is 2.16. The van der Waals surface area contributed by atoms with Crippen LogP contribution in [0.25, 0.3) is 11.1 Å². The minimum absolute atomic E-state index is 0.301. The smallest absolute Gasteiger partial charge is 0.161 e. The van der Waals surface area contributed by atoms with E-state index < -0.39 is 0 Å². The number of aromatic nitrogens is 1. The summed E-state index contributed by atoms with van der Waals surface area (Å²) < 4.78 is 10.7. The average molecular weight is 323 g/mol. The fourth-order valence-electron chi connectivity index (χ4n) is 3.47. The molecule has 1 aliphatic carbocycles. The van der Waals surface area contributed by atoms with Gasteiger partial charge in [-0.15, -0.1) is 0 Å². The number of pyridine rings is 1. The third-order valence-corrected chi connectivity index (χ3v) is 4.67. The predicted molar refractivity (Wildman–Crippen MR) is 93.3 cm³/mol. The Labute approximate surface area is 142 Å². The first-order valence-electron chi connectivity index (χ1n) is 8.05. The normalized spacial score (nSPS) is 16.2. The van der Waals surface area contributed by atoms with E-state index in [4.69, 9.17) is 15.2 Å². The Hall–Kier alpha value is -2.74. The molecule has 124 valence electrons. The molecule has 1 heterocycles. The van der Waals surface area contributed by atoms with E-state index in [9.17, 15) is 5.26 Å². The van der Waals surface area contributed by atoms with Crippen molar-refractivity contribution < 1.29 is 9.47 Å². The van der Waals surface area contributed by atoms with E-state index in [1.807, 2.05) is 18.2 Å². The van der Waals surface area contributed by atoms with Crippen molar-refractivity contribution in [3.8, 4) is 28.7 Å². The second-order valence-electron chi connectivity index (χ2n) is 6.09. The molecular weight excluding hydrogens is 302 g/mol. The maximum Gasteiger partial charge on any atom is 0.161 e. The maximum atomic E-state index is 9.63. The molecule has 0 aliphatic heterocycles. The molecule has 1 aliphatic rings. The number of benzene rings is 1. The van der Waals surface area contributed by atoms with Crippen LogP contribution in [0.1, 0.15) is 42.5 Å². The molecule has 2 aromatic rings. The third kappa shape index (κ3) is 2.54. The molecule has 1 atom stereocenters. The van der Waals surface area contributed by atoms with Gasteiger partial charge in [-0.3, -0.25) is 0 Å². The monoisotopic (exact) mass is 323 g/mol. The highest BCUT2D eigenvalue weighted by Gasteiger charge is 2.26. The number of methoxy groups -OCH3 is 2. The van der Waals surface area contributed by atoms with Gasteiger partial charge in [0.1, 0.15) is 17.5 Å². The lowest BCUT2D eigenvalue weighted by molar-refractivity contribution is 0.355. The first-order chi connectivity index (χ1) is 11.6. The van der Waals surface area contributed by atoms with Crippen molar-refractivity contribution in [3.63, 3.8) is 0 Å². The first kappa shape index (κ1) is 16.1. The SMILES string of the molecule is COc1ccc(-c2c(C#N)c(N)nc3c2CCC[C@H]3C)cc1OC. The van der Waals surface area contributed by atoms with Gasteiger partial charge in [0.15, 0.2) is 11.5 Å². The number of nitrogens with two attached hydrogens (primary N) is 1. The summed E-state index contributed by atoms with van der Waals surface area (Å²) >= 11 is 0. The number of ether oxygens (including phenoxy) is 2. The van der Waals surface area contributed by atoms with Gasteiger partial charge < -0.3 is 15.2 Å². The van der Waals surface area contributed by atoms with Crippen LogP contribution in [0.2, 0.25) is 0 Å². The molecule has 0 radical (unpaired) electrons. The van der Waals surface area contributed by atoms with Crippen molar-refractivity contribution in [2.45, 2.75) is 32.1 Å². The fraction of sp³-hybridized carbons (Fsp3) is 0.368. The molecule has 5 heteroatoms. The van der Waals surface area contributed by atoms with Gasteiger partial charge in [-0.25, -0.2) is 4.98 Å². The zero-order chi connectivity index (χ0) is 17.3. The third-order valence-electron chi connectivity index (χ3n) is 4.67. The Morgan fingerprint density at radius 1 is 1.25 bits per heavy atom. The Morgan fingerprint density at radius 2 is 2.00 bits per heavy atom. The van der Waals surface area contributed by atoms with E-state index in [-0.39, 0.29) is 0 Å². The predicted octanol–water partition coefficient (Wildman–Crippen LogP) is 3.66. The lowest BCUT2D eigenvalue weighted by atomic mass is 9.82. The van der Waals surface area contributed by atoms with E-state index in [1.165, 1.54) is 0 Å². The molecule has 0 saturated carbocycles. The summed E-state index contributed by atoms with van der Waals surface area (Å²) in [6.07, 6.45) is 3.09. The number of hydrogen-bond acceptors (Lipinski definition) is 5. The summed E-state index contributed by atoms with van der Waals surface area (Å²) in [6, 6.07) is 7.92. The summed E-state index contributed by atoms with van der Waals surface area (Å²) in [5.74, 6) is 1.94. The molecule has 0 fully saturated rings. The Bertz CT molecular complexity index is 824. The van der Waals surface area contributed by atoms with Gasteiger partial charge in [0.25, 0.3) is 0 Å². The number of nitrogen functional groups attached to an aromatic ring is 1. The van der Waals surface area contributed by atoms with E-state index >= 15 is 0 Å². The molecule has 0 unspecified atom stereocenters. The Kier molecular flexibility index (Phi) is 4.30. The summed E-state index contributed by atoms with van der Waals surface area (Å²) in [7, 11) is 3.21. The number of anilines is 1. The topological polar surface area (TPSA) is 81.2 Å². The quantitative estimate of drug-likeness (QED) is 0.932. The largest absolute Gasteiger partial charge is 0.493 e. The van der Waals surface area contributed by atoms with Crippen LogP contribution in [0, 0.1) is 11.3 Å². The van der Waals surface area contributed by atoms with Crippen LogP contribution >= 0.6 is 0 Å². The van der Waals surface area contributed by atoms with Crippen LogP contribution in [-0.2, 0) is 6.42 Å². The molecule has 3 rings (SSSR count). The summed E-state index contributed by atoms with van der Waals surface area (Å²) in [5, 5.41) is 9.63. The molecule has 1 aromatic heterocycles. The second-order valence-corrected chi connectivity index (χ2v) is 6.09. The van der Waals surface area contributed by atoms with Gasteiger partial charge >= 0.3 is 0 Å². The zero-order valence-corrected chi connectivity index (χ0v) is 14.2. The van der Waals surface area contributed by atoms with Gasteiger partial charge in [0.05, 0.1) is 14.2 Å². The van der Waals surface area contributed by atoms with Crippen molar-refractivity contribution in [1.29, 1.82) is 5.26 Å². The van der Waals surface area contributed by atoms with E-state index in [2.05, 4.69) is 18.0 Å². The molecule has 5 nitrogen and oxygen atoms in total. The summed E-state index contributed by atoms with van der Waals surface area (Å²) in [4.78, 5) is 4.53. The fourth-order valence-corrected chi connectivity index (χ4v) is 3.47. The number of nitrogens with zero attached hydrogens (tertiary/aromatic N) is 2. The number of fused-ring (bicyclic) bond motifs is 1. The van der Waals surface area contributed by atoms with Crippen LogP contribution < -0.4 is 15.2 Å². The Morgan fingerprint density at radius 3 is 2.67 bits per heavy atom. The molecule has 0 amide bonds.